The maximum absolute atomic E-state index is 11.3. The molecular weight excluding hydrogens is 212 g/mol. The Morgan fingerprint density at radius 3 is 3.00 bits per heavy atom. The minimum atomic E-state index is -0.0288. The molecule has 1 saturated carbocycles. The summed E-state index contributed by atoms with van der Waals surface area (Å²) in [6.45, 7) is 0.539. The molecule has 1 heterocycles. The zero-order valence-corrected chi connectivity index (χ0v) is 9.22. The first-order valence-corrected chi connectivity index (χ1v) is 5.94. The highest BCUT2D eigenvalue weighted by Crippen LogP contribution is 2.41. The Hall–Kier alpha value is -1.01. The van der Waals surface area contributed by atoms with Gasteiger partial charge in [-0.25, -0.2) is 0 Å². The van der Waals surface area contributed by atoms with Gasteiger partial charge in [-0.3, -0.25) is 4.79 Å². The maximum atomic E-state index is 11.3. The number of hydrogen-bond acceptors (Lipinski definition) is 5. The number of rotatable bonds is 5. The van der Waals surface area contributed by atoms with Crippen LogP contribution in [0.5, 0.6) is 0 Å². The van der Waals surface area contributed by atoms with Gasteiger partial charge in [0.15, 0.2) is 0 Å². The predicted molar refractivity (Wildman–Crippen MR) is 58.8 cm³/mol. The summed E-state index contributed by atoms with van der Waals surface area (Å²) in [5.74, 6) is 0.566. The lowest BCUT2D eigenvalue weighted by atomic mass is 10.3. The number of nitrogens with two attached hydrogens (primary N) is 1. The largest absolute Gasteiger partial charge is 0.330 e. The number of hydrogen-bond donors (Lipinski definition) is 2. The third kappa shape index (κ3) is 2.97. The van der Waals surface area contributed by atoms with Gasteiger partial charge in [0, 0.05) is 12.3 Å². The number of nitrogens with one attached hydrogen (secondary N) is 1. The molecule has 2 rings (SSSR count). The van der Waals surface area contributed by atoms with Crippen molar-refractivity contribution in [3.05, 3.63) is 5.01 Å². The molecule has 0 bridgehead atoms. The van der Waals surface area contributed by atoms with Crippen molar-refractivity contribution in [2.24, 2.45) is 5.73 Å². The summed E-state index contributed by atoms with van der Waals surface area (Å²) in [4.78, 5) is 11.3. The van der Waals surface area contributed by atoms with Crippen molar-refractivity contribution in [3.8, 4) is 0 Å². The van der Waals surface area contributed by atoms with Crippen LogP contribution in [0.25, 0.3) is 0 Å². The van der Waals surface area contributed by atoms with Gasteiger partial charge in [-0.15, -0.1) is 10.2 Å². The first-order valence-electron chi connectivity index (χ1n) is 5.13. The van der Waals surface area contributed by atoms with E-state index in [0.717, 1.165) is 5.01 Å². The summed E-state index contributed by atoms with van der Waals surface area (Å²) < 4.78 is 0. The Kier molecular flexibility index (Phi) is 3.27. The summed E-state index contributed by atoms with van der Waals surface area (Å²) in [5.41, 5.74) is 5.32. The standard InChI is InChI=1S/C9H14N4OS/c10-5-1-2-7(14)11-9-13-12-8(15-9)6-3-4-6/h6H,1-5,10H2,(H,11,13,14). The normalized spacial score (nSPS) is 15.3. The van der Waals surface area contributed by atoms with Crippen LogP contribution in [0.1, 0.15) is 36.6 Å². The molecule has 6 heteroatoms. The number of carbonyl (C=O) groups is 1. The second-order valence-electron chi connectivity index (χ2n) is 3.66. The molecule has 1 fully saturated rings. The molecule has 0 aromatic carbocycles. The Balaban J connectivity index is 1.84. The van der Waals surface area contributed by atoms with Crippen LogP contribution in [0.4, 0.5) is 5.13 Å². The van der Waals surface area contributed by atoms with Crippen molar-refractivity contribution in [2.45, 2.75) is 31.6 Å². The zero-order valence-electron chi connectivity index (χ0n) is 8.40. The fourth-order valence-corrected chi connectivity index (χ4v) is 2.15. The average molecular weight is 226 g/mol. The molecule has 5 nitrogen and oxygen atoms in total. The molecule has 0 aliphatic heterocycles. The third-order valence-corrected chi connectivity index (χ3v) is 3.22. The summed E-state index contributed by atoms with van der Waals surface area (Å²) in [5, 5.41) is 12.4. The molecule has 1 aromatic rings. The molecule has 1 aliphatic rings. The minimum absolute atomic E-state index is 0.0288. The van der Waals surface area contributed by atoms with E-state index in [-0.39, 0.29) is 5.91 Å². The number of amides is 1. The Bertz CT molecular complexity index is 348. The van der Waals surface area contributed by atoms with Gasteiger partial charge >= 0.3 is 0 Å². The van der Waals surface area contributed by atoms with Crippen LogP contribution in [0.2, 0.25) is 0 Å². The van der Waals surface area contributed by atoms with Gasteiger partial charge in [0.1, 0.15) is 5.01 Å². The van der Waals surface area contributed by atoms with E-state index >= 15 is 0 Å². The third-order valence-electron chi connectivity index (χ3n) is 2.22. The molecule has 0 radical (unpaired) electrons. The molecular formula is C9H14N4OS. The number of carbonyl (C=O) groups excluding carboxylic acids is 1. The predicted octanol–water partition coefficient (Wildman–Crippen LogP) is 1.09. The van der Waals surface area contributed by atoms with Crippen LogP contribution < -0.4 is 11.1 Å². The summed E-state index contributed by atoms with van der Waals surface area (Å²) >= 11 is 1.48. The van der Waals surface area contributed by atoms with Crippen molar-refractivity contribution < 1.29 is 4.79 Å². The molecule has 82 valence electrons. The lowest BCUT2D eigenvalue weighted by molar-refractivity contribution is -0.116. The van der Waals surface area contributed by atoms with E-state index in [9.17, 15) is 4.79 Å². The Morgan fingerprint density at radius 2 is 2.33 bits per heavy atom. The highest BCUT2D eigenvalue weighted by molar-refractivity contribution is 7.15. The number of nitrogens with zero attached hydrogens (tertiary/aromatic N) is 2. The molecule has 3 N–H and O–H groups in total. The monoisotopic (exact) mass is 226 g/mol. The Labute approximate surface area is 92.1 Å². The van der Waals surface area contributed by atoms with Gasteiger partial charge in [0.05, 0.1) is 0 Å². The fourth-order valence-electron chi connectivity index (χ4n) is 1.22. The molecule has 15 heavy (non-hydrogen) atoms. The van der Waals surface area contributed by atoms with E-state index in [1.54, 1.807) is 0 Å². The molecule has 0 spiro atoms. The van der Waals surface area contributed by atoms with Crippen LogP contribution in [0.3, 0.4) is 0 Å². The molecule has 1 amide bonds. The summed E-state index contributed by atoms with van der Waals surface area (Å²) in [7, 11) is 0. The fraction of sp³-hybridized carbons (Fsp3) is 0.667. The van der Waals surface area contributed by atoms with Crippen LogP contribution in [0, 0.1) is 0 Å². The van der Waals surface area contributed by atoms with Crippen LogP contribution >= 0.6 is 11.3 Å². The van der Waals surface area contributed by atoms with Crippen LogP contribution in [-0.4, -0.2) is 22.6 Å². The van der Waals surface area contributed by atoms with Gasteiger partial charge in [-0.1, -0.05) is 11.3 Å². The minimum Gasteiger partial charge on any atom is -0.330 e. The van der Waals surface area contributed by atoms with Crippen LogP contribution in [-0.2, 0) is 4.79 Å². The second-order valence-corrected chi connectivity index (χ2v) is 4.67. The second kappa shape index (κ2) is 4.67. The highest BCUT2D eigenvalue weighted by Gasteiger charge is 2.27. The van der Waals surface area contributed by atoms with Crippen molar-refractivity contribution >= 4 is 22.4 Å². The number of aromatic nitrogens is 2. The number of anilines is 1. The van der Waals surface area contributed by atoms with Gasteiger partial charge in [-0.2, -0.15) is 0 Å². The van der Waals surface area contributed by atoms with E-state index in [2.05, 4.69) is 15.5 Å². The van der Waals surface area contributed by atoms with E-state index in [4.69, 9.17) is 5.73 Å². The van der Waals surface area contributed by atoms with Crippen LogP contribution in [0.15, 0.2) is 0 Å². The average Bonchev–Trinajstić information content (AvgIpc) is 2.98. The first kappa shape index (κ1) is 10.5. The Morgan fingerprint density at radius 1 is 1.53 bits per heavy atom. The molecule has 0 saturated heterocycles. The van der Waals surface area contributed by atoms with Gasteiger partial charge < -0.3 is 11.1 Å². The maximum Gasteiger partial charge on any atom is 0.226 e. The molecule has 1 aromatic heterocycles. The van der Waals surface area contributed by atoms with E-state index in [0.29, 0.717) is 30.4 Å². The van der Waals surface area contributed by atoms with Crippen molar-refractivity contribution in [3.63, 3.8) is 0 Å². The summed E-state index contributed by atoms with van der Waals surface area (Å²) in [6, 6.07) is 0. The zero-order chi connectivity index (χ0) is 10.7. The molecule has 0 atom stereocenters. The van der Waals surface area contributed by atoms with E-state index in [1.165, 1.54) is 24.2 Å². The smallest absolute Gasteiger partial charge is 0.226 e. The van der Waals surface area contributed by atoms with Gasteiger partial charge in [0.2, 0.25) is 11.0 Å². The SMILES string of the molecule is NCCCC(=O)Nc1nnc(C2CC2)s1. The van der Waals surface area contributed by atoms with Crippen molar-refractivity contribution in [2.75, 3.05) is 11.9 Å². The topological polar surface area (TPSA) is 80.9 Å². The molecule has 0 unspecified atom stereocenters. The van der Waals surface area contributed by atoms with E-state index < -0.39 is 0 Å². The lowest BCUT2D eigenvalue weighted by Gasteiger charge is -1.98. The highest BCUT2D eigenvalue weighted by atomic mass is 32.1. The van der Waals surface area contributed by atoms with Gasteiger partial charge in [-0.05, 0) is 25.8 Å². The van der Waals surface area contributed by atoms with Crippen molar-refractivity contribution in [1.82, 2.24) is 10.2 Å². The van der Waals surface area contributed by atoms with Gasteiger partial charge in [0.25, 0.3) is 0 Å². The first-order chi connectivity index (χ1) is 7.29. The van der Waals surface area contributed by atoms with E-state index in [1.807, 2.05) is 0 Å². The lowest BCUT2D eigenvalue weighted by Crippen LogP contribution is -2.13. The quantitative estimate of drug-likeness (QED) is 0.787. The van der Waals surface area contributed by atoms with Crippen molar-refractivity contribution in [1.29, 1.82) is 0 Å². The molecule has 1 aliphatic carbocycles. The summed E-state index contributed by atoms with van der Waals surface area (Å²) in [6.07, 6.45) is 3.57.